The Morgan fingerprint density at radius 3 is 2.53 bits per heavy atom. The van der Waals surface area contributed by atoms with Gasteiger partial charge in [-0.25, -0.2) is 0 Å². The zero-order valence-electron chi connectivity index (χ0n) is 10.5. The van der Waals surface area contributed by atoms with Crippen molar-refractivity contribution in [2.75, 3.05) is 13.1 Å². The van der Waals surface area contributed by atoms with Crippen LogP contribution in [0.15, 0.2) is 18.2 Å². The van der Waals surface area contributed by atoms with Crippen LogP contribution in [-0.4, -0.2) is 24.0 Å². The van der Waals surface area contributed by atoms with Crippen molar-refractivity contribution in [3.8, 4) is 0 Å². The molecule has 1 aliphatic rings. The summed E-state index contributed by atoms with van der Waals surface area (Å²) in [6.45, 7) is 4.00. The lowest BCUT2D eigenvalue weighted by Gasteiger charge is -2.17. The lowest BCUT2D eigenvalue weighted by molar-refractivity contribution is -0.137. The maximum Gasteiger partial charge on any atom is 0.416 e. The molecule has 0 aliphatic carbocycles. The number of nitrogens with two attached hydrogens (primary N) is 1. The van der Waals surface area contributed by atoms with E-state index in [9.17, 15) is 13.2 Å². The Hall–Kier alpha value is -0.780. The first-order valence-corrected chi connectivity index (χ1v) is 6.48. The average molecular weight is 293 g/mol. The van der Waals surface area contributed by atoms with Crippen LogP contribution < -0.4 is 5.73 Å². The zero-order valence-corrected chi connectivity index (χ0v) is 11.3. The number of nitrogens with zero attached hydrogens (tertiary/aromatic N) is 1. The molecule has 2 N–H and O–H groups in total. The standard InChI is InChI=1S/C13H16ClF3N2/c1-8-5-19(7-12(8)18)6-9-2-10(13(15,16)17)4-11(14)3-9/h2-4,8,12H,5-7,18H2,1H3. The Labute approximate surface area is 115 Å². The monoisotopic (exact) mass is 292 g/mol. The highest BCUT2D eigenvalue weighted by atomic mass is 35.5. The smallest absolute Gasteiger partial charge is 0.326 e. The van der Waals surface area contributed by atoms with Gasteiger partial charge in [0.25, 0.3) is 0 Å². The largest absolute Gasteiger partial charge is 0.416 e. The predicted octanol–water partition coefficient (Wildman–Crippen LogP) is 3.14. The fourth-order valence-corrected chi connectivity index (χ4v) is 2.65. The molecule has 2 unspecified atom stereocenters. The summed E-state index contributed by atoms with van der Waals surface area (Å²) in [5.74, 6) is 0.362. The highest BCUT2D eigenvalue weighted by Crippen LogP contribution is 2.32. The molecule has 19 heavy (non-hydrogen) atoms. The summed E-state index contributed by atoms with van der Waals surface area (Å²) >= 11 is 5.76. The van der Waals surface area contributed by atoms with Gasteiger partial charge in [0.1, 0.15) is 0 Å². The van der Waals surface area contributed by atoms with Crippen LogP contribution in [0.2, 0.25) is 5.02 Å². The Morgan fingerprint density at radius 2 is 2.00 bits per heavy atom. The number of benzene rings is 1. The highest BCUT2D eigenvalue weighted by Gasteiger charge is 2.32. The third-order valence-electron chi connectivity index (χ3n) is 3.44. The number of likely N-dealkylation sites (tertiary alicyclic amines) is 1. The van der Waals surface area contributed by atoms with E-state index in [1.807, 2.05) is 6.92 Å². The Morgan fingerprint density at radius 1 is 1.32 bits per heavy atom. The highest BCUT2D eigenvalue weighted by molar-refractivity contribution is 6.30. The van der Waals surface area contributed by atoms with E-state index in [1.54, 1.807) is 6.07 Å². The van der Waals surface area contributed by atoms with Gasteiger partial charge in [0.15, 0.2) is 0 Å². The lowest BCUT2D eigenvalue weighted by atomic mass is 10.1. The van der Waals surface area contributed by atoms with Gasteiger partial charge in [-0.2, -0.15) is 13.2 Å². The molecule has 0 radical (unpaired) electrons. The number of hydrogen-bond donors (Lipinski definition) is 1. The maximum atomic E-state index is 12.7. The summed E-state index contributed by atoms with van der Waals surface area (Å²) in [6.07, 6.45) is -4.37. The molecular weight excluding hydrogens is 277 g/mol. The minimum absolute atomic E-state index is 0.0845. The molecule has 0 amide bonds. The molecule has 2 rings (SSSR count). The SMILES string of the molecule is CC1CN(Cc2cc(Cl)cc(C(F)(F)F)c2)CC1N. The molecule has 0 aromatic heterocycles. The van der Waals surface area contributed by atoms with E-state index in [1.165, 1.54) is 0 Å². The molecule has 1 aromatic carbocycles. The normalized spacial score (nSPS) is 24.9. The van der Waals surface area contributed by atoms with Crippen LogP contribution in [0.1, 0.15) is 18.1 Å². The van der Waals surface area contributed by atoms with Crippen molar-refractivity contribution >= 4 is 11.6 Å². The molecule has 1 aliphatic heterocycles. The van der Waals surface area contributed by atoms with Gasteiger partial charge in [-0.05, 0) is 29.7 Å². The molecule has 1 saturated heterocycles. The van der Waals surface area contributed by atoms with Gasteiger partial charge in [-0.15, -0.1) is 0 Å². The summed E-state index contributed by atoms with van der Waals surface area (Å²) in [5.41, 5.74) is 5.77. The molecule has 1 heterocycles. The van der Waals surface area contributed by atoms with Gasteiger partial charge >= 0.3 is 6.18 Å². The van der Waals surface area contributed by atoms with Crippen molar-refractivity contribution in [3.05, 3.63) is 34.3 Å². The molecule has 0 bridgehead atoms. The van der Waals surface area contributed by atoms with Gasteiger partial charge in [0, 0.05) is 30.7 Å². The van der Waals surface area contributed by atoms with Gasteiger partial charge in [0.2, 0.25) is 0 Å². The number of alkyl halides is 3. The third-order valence-corrected chi connectivity index (χ3v) is 3.66. The minimum Gasteiger partial charge on any atom is -0.326 e. The first kappa shape index (κ1) is 14.6. The van der Waals surface area contributed by atoms with Gasteiger partial charge in [-0.1, -0.05) is 18.5 Å². The topological polar surface area (TPSA) is 29.3 Å². The molecule has 0 spiro atoms. The van der Waals surface area contributed by atoms with Crippen molar-refractivity contribution in [2.24, 2.45) is 11.7 Å². The third kappa shape index (κ3) is 3.61. The van der Waals surface area contributed by atoms with Crippen molar-refractivity contribution in [1.82, 2.24) is 4.90 Å². The van der Waals surface area contributed by atoms with Crippen molar-refractivity contribution in [2.45, 2.75) is 25.7 Å². The van der Waals surface area contributed by atoms with Gasteiger partial charge in [-0.3, -0.25) is 4.90 Å². The van der Waals surface area contributed by atoms with Gasteiger partial charge in [0.05, 0.1) is 5.56 Å². The fourth-order valence-electron chi connectivity index (χ4n) is 2.39. The second-order valence-electron chi connectivity index (χ2n) is 5.18. The van der Waals surface area contributed by atoms with Crippen LogP contribution in [0.5, 0.6) is 0 Å². The van der Waals surface area contributed by atoms with Crippen molar-refractivity contribution in [1.29, 1.82) is 0 Å². The molecule has 106 valence electrons. The second-order valence-corrected chi connectivity index (χ2v) is 5.62. The van der Waals surface area contributed by atoms with E-state index in [0.29, 0.717) is 24.6 Å². The average Bonchev–Trinajstić information content (AvgIpc) is 2.55. The van der Waals surface area contributed by atoms with E-state index in [4.69, 9.17) is 17.3 Å². The van der Waals surface area contributed by atoms with E-state index >= 15 is 0 Å². The van der Waals surface area contributed by atoms with E-state index in [2.05, 4.69) is 4.90 Å². The van der Waals surface area contributed by atoms with E-state index in [-0.39, 0.29) is 11.1 Å². The second kappa shape index (κ2) is 5.31. The van der Waals surface area contributed by atoms with Crippen LogP contribution in [-0.2, 0) is 12.7 Å². The molecule has 1 fully saturated rings. The van der Waals surface area contributed by atoms with Crippen LogP contribution in [0, 0.1) is 5.92 Å². The first-order chi connectivity index (χ1) is 8.75. The molecule has 6 heteroatoms. The summed E-state index contributed by atoms with van der Waals surface area (Å²) in [5, 5.41) is 0.112. The van der Waals surface area contributed by atoms with Crippen LogP contribution >= 0.6 is 11.6 Å². The fraction of sp³-hybridized carbons (Fsp3) is 0.538. The van der Waals surface area contributed by atoms with E-state index < -0.39 is 11.7 Å². The summed E-state index contributed by atoms with van der Waals surface area (Å²) < 4.78 is 38.1. The minimum atomic E-state index is -4.37. The first-order valence-electron chi connectivity index (χ1n) is 6.10. The van der Waals surface area contributed by atoms with E-state index in [0.717, 1.165) is 18.7 Å². The molecule has 0 saturated carbocycles. The molecule has 1 aromatic rings. The van der Waals surface area contributed by atoms with Crippen LogP contribution in [0.3, 0.4) is 0 Å². The molecule has 2 atom stereocenters. The Kier molecular flexibility index (Phi) is 4.08. The zero-order chi connectivity index (χ0) is 14.2. The van der Waals surface area contributed by atoms with Crippen molar-refractivity contribution in [3.63, 3.8) is 0 Å². The predicted molar refractivity (Wildman–Crippen MR) is 68.9 cm³/mol. The molecular formula is C13H16ClF3N2. The van der Waals surface area contributed by atoms with Crippen LogP contribution in [0.25, 0.3) is 0 Å². The molecule has 2 nitrogen and oxygen atoms in total. The van der Waals surface area contributed by atoms with Crippen LogP contribution in [0.4, 0.5) is 13.2 Å². The Bertz CT molecular complexity index is 452. The summed E-state index contributed by atoms with van der Waals surface area (Å²) in [7, 11) is 0. The Balaban J connectivity index is 2.15. The maximum absolute atomic E-state index is 12.7. The number of halogens is 4. The number of hydrogen-bond acceptors (Lipinski definition) is 2. The summed E-state index contributed by atoms with van der Waals surface area (Å²) in [6, 6.07) is 3.76. The van der Waals surface area contributed by atoms with Gasteiger partial charge < -0.3 is 5.73 Å². The lowest BCUT2D eigenvalue weighted by Crippen LogP contribution is -2.28. The van der Waals surface area contributed by atoms with Crippen molar-refractivity contribution < 1.29 is 13.2 Å². The quantitative estimate of drug-likeness (QED) is 0.907. The summed E-state index contributed by atoms with van der Waals surface area (Å²) in [4.78, 5) is 2.06. The number of rotatable bonds is 2.